The van der Waals surface area contributed by atoms with Gasteiger partial charge in [0.05, 0.1) is 6.54 Å². The van der Waals surface area contributed by atoms with E-state index in [1.807, 2.05) is 11.4 Å². The van der Waals surface area contributed by atoms with Gasteiger partial charge in [-0.3, -0.25) is 4.79 Å². The summed E-state index contributed by atoms with van der Waals surface area (Å²) in [5.41, 5.74) is 0. The van der Waals surface area contributed by atoms with Gasteiger partial charge in [-0.15, -0.1) is 11.3 Å². The summed E-state index contributed by atoms with van der Waals surface area (Å²) in [6, 6.07) is 2.48. The molecular formula is C12H19BrN2OS. The van der Waals surface area contributed by atoms with Crippen LogP contribution in [0.5, 0.6) is 0 Å². The van der Waals surface area contributed by atoms with E-state index in [9.17, 15) is 4.79 Å². The van der Waals surface area contributed by atoms with E-state index in [-0.39, 0.29) is 5.91 Å². The van der Waals surface area contributed by atoms with E-state index >= 15 is 0 Å². The van der Waals surface area contributed by atoms with Gasteiger partial charge in [-0.05, 0) is 40.3 Å². The summed E-state index contributed by atoms with van der Waals surface area (Å²) in [5, 5.41) is 8.23. The van der Waals surface area contributed by atoms with Crippen molar-refractivity contribution in [2.24, 2.45) is 0 Å². The minimum absolute atomic E-state index is 0.121. The fourth-order valence-electron chi connectivity index (χ4n) is 1.36. The fraction of sp³-hybridized carbons (Fsp3) is 0.583. The first kappa shape index (κ1) is 14.7. The first-order valence-electron chi connectivity index (χ1n) is 5.81. The molecule has 0 bridgehead atoms. The second kappa shape index (κ2) is 7.84. The summed E-state index contributed by atoms with van der Waals surface area (Å²) >= 11 is 5.10. The number of nitrogens with one attached hydrogen (secondary N) is 2. The molecular weight excluding hydrogens is 300 g/mol. The van der Waals surface area contributed by atoms with Crippen LogP contribution in [0.4, 0.5) is 0 Å². The Kier molecular flexibility index (Phi) is 6.77. The minimum Gasteiger partial charge on any atom is -0.351 e. The smallest absolute Gasteiger partial charge is 0.220 e. The Hall–Kier alpha value is -0.390. The molecule has 0 saturated heterocycles. The van der Waals surface area contributed by atoms with Crippen molar-refractivity contribution in [3.63, 3.8) is 0 Å². The van der Waals surface area contributed by atoms with Crippen LogP contribution in [0.25, 0.3) is 0 Å². The highest BCUT2D eigenvalue weighted by molar-refractivity contribution is 9.10. The molecule has 1 heterocycles. The van der Waals surface area contributed by atoms with E-state index in [4.69, 9.17) is 0 Å². The molecule has 0 aromatic carbocycles. The summed E-state index contributed by atoms with van der Waals surface area (Å²) in [7, 11) is 0. The molecule has 0 radical (unpaired) electrons. The van der Waals surface area contributed by atoms with Crippen LogP contribution < -0.4 is 10.6 Å². The Bertz CT molecular complexity index is 352. The van der Waals surface area contributed by atoms with E-state index in [2.05, 4.69) is 40.4 Å². The van der Waals surface area contributed by atoms with Crippen molar-refractivity contribution in [3.8, 4) is 0 Å². The molecule has 3 nitrogen and oxygen atoms in total. The second-order valence-electron chi connectivity index (χ2n) is 4.18. The van der Waals surface area contributed by atoms with Crippen LogP contribution >= 0.6 is 27.3 Å². The maximum absolute atomic E-state index is 11.5. The van der Waals surface area contributed by atoms with E-state index in [1.54, 1.807) is 11.3 Å². The lowest BCUT2D eigenvalue weighted by molar-refractivity contribution is -0.121. The molecule has 0 saturated carbocycles. The lowest BCUT2D eigenvalue weighted by atomic mass is 10.2. The molecule has 0 spiro atoms. The van der Waals surface area contributed by atoms with Gasteiger partial charge >= 0.3 is 0 Å². The highest BCUT2D eigenvalue weighted by atomic mass is 79.9. The molecule has 0 aliphatic heterocycles. The van der Waals surface area contributed by atoms with Gasteiger partial charge in [0.15, 0.2) is 0 Å². The third-order valence-electron chi connectivity index (χ3n) is 2.27. The Morgan fingerprint density at radius 3 is 2.88 bits per heavy atom. The summed E-state index contributed by atoms with van der Waals surface area (Å²) in [6.07, 6.45) is 1.47. The van der Waals surface area contributed by atoms with Gasteiger partial charge in [-0.2, -0.15) is 0 Å². The minimum atomic E-state index is 0.121. The summed E-state index contributed by atoms with van der Waals surface area (Å²) < 4.78 is 1.07. The first-order valence-corrected chi connectivity index (χ1v) is 7.49. The molecule has 1 rings (SSSR count). The van der Waals surface area contributed by atoms with Crippen molar-refractivity contribution >= 4 is 33.2 Å². The SMILES string of the molecule is CC(C)NCCCC(=O)NCc1sccc1Br. The van der Waals surface area contributed by atoms with Crippen molar-refractivity contribution in [2.45, 2.75) is 39.3 Å². The first-order chi connectivity index (χ1) is 8.09. The maximum Gasteiger partial charge on any atom is 0.220 e. The van der Waals surface area contributed by atoms with Crippen LogP contribution in [0.1, 0.15) is 31.6 Å². The average molecular weight is 319 g/mol. The predicted molar refractivity (Wildman–Crippen MR) is 76.2 cm³/mol. The highest BCUT2D eigenvalue weighted by Crippen LogP contribution is 2.22. The topological polar surface area (TPSA) is 41.1 Å². The Balaban J connectivity index is 2.11. The lowest BCUT2D eigenvalue weighted by Gasteiger charge is -2.08. The maximum atomic E-state index is 11.5. The molecule has 1 aromatic heterocycles. The number of carbonyl (C=O) groups excluding carboxylic acids is 1. The third kappa shape index (κ3) is 6.19. The Morgan fingerprint density at radius 2 is 2.29 bits per heavy atom. The van der Waals surface area contributed by atoms with Crippen LogP contribution in [0.3, 0.4) is 0 Å². The number of hydrogen-bond donors (Lipinski definition) is 2. The summed E-state index contributed by atoms with van der Waals surface area (Å²) in [4.78, 5) is 12.7. The van der Waals surface area contributed by atoms with Crippen molar-refractivity contribution in [2.75, 3.05) is 6.54 Å². The predicted octanol–water partition coefficient (Wildman–Crippen LogP) is 2.91. The third-order valence-corrected chi connectivity index (χ3v) is 4.20. The molecule has 1 aromatic rings. The second-order valence-corrected chi connectivity index (χ2v) is 6.04. The molecule has 17 heavy (non-hydrogen) atoms. The fourth-order valence-corrected chi connectivity index (χ4v) is 2.79. The molecule has 5 heteroatoms. The van der Waals surface area contributed by atoms with Crippen LogP contribution in [0.15, 0.2) is 15.9 Å². The molecule has 0 unspecified atom stereocenters. The van der Waals surface area contributed by atoms with Gasteiger partial charge in [0, 0.05) is 21.8 Å². The average Bonchev–Trinajstić information content (AvgIpc) is 2.67. The number of halogens is 1. The van der Waals surface area contributed by atoms with Crippen LogP contribution in [-0.4, -0.2) is 18.5 Å². The molecule has 0 atom stereocenters. The number of carbonyl (C=O) groups is 1. The van der Waals surface area contributed by atoms with Gasteiger partial charge in [0.25, 0.3) is 0 Å². The van der Waals surface area contributed by atoms with Crippen LogP contribution in [-0.2, 0) is 11.3 Å². The normalized spacial score (nSPS) is 10.8. The number of rotatable bonds is 7. The molecule has 1 amide bonds. The Morgan fingerprint density at radius 1 is 1.53 bits per heavy atom. The van der Waals surface area contributed by atoms with Gasteiger partial charge < -0.3 is 10.6 Å². The summed E-state index contributed by atoms with van der Waals surface area (Å²) in [5.74, 6) is 0.121. The molecule has 2 N–H and O–H groups in total. The quantitative estimate of drug-likeness (QED) is 0.759. The van der Waals surface area contributed by atoms with E-state index in [0.717, 1.165) is 17.4 Å². The zero-order valence-electron chi connectivity index (χ0n) is 10.3. The zero-order valence-corrected chi connectivity index (χ0v) is 12.7. The highest BCUT2D eigenvalue weighted by Gasteiger charge is 2.04. The van der Waals surface area contributed by atoms with Crippen molar-refractivity contribution in [3.05, 3.63) is 20.8 Å². The van der Waals surface area contributed by atoms with E-state index in [1.165, 1.54) is 4.88 Å². The Labute approximate surface area is 115 Å². The van der Waals surface area contributed by atoms with Crippen LogP contribution in [0.2, 0.25) is 0 Å². The van der Waals surface area contributed by atoms with E-state index < -0.39 is 0 Å². The van der Waals surface area contributed by atoms with Crippen molar-refractivity contribution in [1.82, 2.24) is 10.6 Å². The number of thiophene rings is 1. The molecule has 96 valence electrons. The summed E-state index contributed by atoms with van der Waals surface area (Å²) in [6.45, 7) is 5.73. The number of hydrogen-bond acceptors (Lipinski definition) is 3. The zero-order chi connectivity index (χ0) is 12.7. The van der Waals surface area contributed by atoms with Crippen molar-refractivity contribution < 1.29 is 4.79 Å². The van der Waals surface area contributed by atoms with Gasteiger partial charge in [-0.25, -0.2) is 0 Å². The van der Waals surface area contributed by atoms with Crippen molar-refractivity contribution in [1.29, 1.82) is 0 Å². The molecule has 0 aliphatic rings. The lowest BCUT2D eigenvalue weighted by Crippen LogP contribution is -2.26. The van der Waals surface area contributed by atoms with Gasteiger partial charge in [0.1, 0.15) is 0 Å². The largest absolute Gasteiger partial charge is 0.351 e. The van der Waals surface area contributed by atoms with Gasteiger partial charge in [-0.1, -0.05) is 13.8 Å². The van der Waals surface area contributed by atoms with Crippen LogP contribution in [0, 0.1) is 0 Å². The molecule has 0 fully saturated rings. The standard InChI is InChI=1S/C12H19BrN2OS/c1-9(2)14-6-3-4-12(16)15-8-11-10(13)5-7-17-11/h5,7,9,14H,3-4,6,8H2,1-2H3,(H,15,16). The monoisotopic (exact) mass is 318 g/mol. The van der Waals surface area contributed by atoms with Gasteiger partial charge in [0.2, 0.25) is 5.91 Å². The molecule has 0 aliphatic carbocycles. The number of amides is 1. The van der Waals surface area contributed by atoms with E-state index in [0.29, 0.717) is 19.0 Å².